The first-order valence-electron chi connectivity index (χ1n) is 12.0. The van der Waals surface area contributed by atoms with E-state index in [1.54, 1.807) is 30.5 Å². The molecule has 0 spiro atoms. The quantitative estimate of drug-likeness (QED) is 0.272. The topological polar surface area (TPSA) is 168 Å². The zero-order valence-electron chi connectivity index (χ0n) is 23.5. The molecule has 0 bridgehead atoms. The molecule has 0 aliphatic heterocycles. The van der Waals surface area contributed by atoms with Crippen LogP contribution < -0.4 is 44.9 Å². The summed E-state index contributed by atoms with van der Waals surface area (Å²) in [6, 6.07) is 12.8. The average molecular weight is 597 g/mol. The Morgan fingerprint density at radius 3 is 2.08 bits per heavy atom. The van der Waals surface area contributed by atoms with E-state index in [1.165, 1.54) is 31.2 Å². The summed E-state index contributed by atoms with van der Waals surface area (Å²) in [5, 5.41) is 5.73. The molecule has 1 aliphatic rings. The number of carbonyl (C=O) groups is 2. The molecule has 1 heterocycles. The van der Waals surface area contributed by atoms with Gasteiger partial charge in [-0.15, -0.1) is 0 Å². The first-order valence-corrected chi connectivity index (χ1v) is 15.0. The number of rotatable bonds is 10. The first-order chi connectivity index (χ1) is 18.3. The molecule has 3 N–H and O–H groups in total. The van der Waals surface area contributed by atoms with E-state index in [4.69, 9.17) is 0 Å². The number of carbonyl (C=O) groups excluding carboxylic acids is 2. The number of hydrogen-bond donors (Lipinski definition) is 3. The van der Waals surface area contributed by atoms with E-state index in [-0.39, 0.29) is 48.4 Å². The van der Waals surface area contributed by atoms with E-state index in [0.29, 0.717) is 35.6 Å². The minimum absolute atomic E-state index is 0. The third-order valence-electron chi connectivity index (χ3n) is 5.82. The van der Waals surface area contributed by atoms with Crippen molar-refractivity contribution in [2.45, 2.75) is 50.3 Å². The molecule has 3 aromatic rings. The predicted molar refractivity (Wildman–Crippen MR) is 146 cm³/mol. The predicted octanol–water partition coefficient (Wildman–Crippen LogP) is 0.0542. The third kappa shape index (κ3) is 7.79. The summed E-state index contributed by atoms with van der Waals surface area (Å²) < 4.78 is 52.2. The molecular weight excluding hydrogens is 567 g/mol. The number of aromatic nitrogens is 2. The van der Waals surface area contributed by atoms with Gasteiger partial charge in [-0.05, 0) is 61.7 Å². The van der Waals surface area contributed by atoms with Crippen LogP contribution in [0.15, 0.2) is 59.6 Å². The second-order valence-electron chi connectivity index (χ2n) is 9.13. The smallest absolute Gasteiger partial charge is 1.00 e. The van der Waals surface area contributed by atoms with Crippen LogP contribution in [0, 0.1) is 6.92 Å². The fraction of sp³-hybridized carbons (Fsp3) is 0.280. The van der Waals surface area contributed by atoms with Gasteiger partial charge in [0.2, 0.25) is 27.8 Å². The number of nitrogens with one attached hydrogen (secondary N) is 3. The van der Waals surface area contributed by atoms with Crippen LogP contribution in [-0.4, -0.2) is 48.2 Å². The van der Waals surface area contributed by atoms with E-state index in [0.717, 1.165) is 16.8 Å². The fourth-order valence-corrected chi connectivity index (χ4v) is 6.42. The zero-order valence-corrected chi connectivity index (χ0v) is 26.1. The molecule has 1 aromatic heterocycles. The van der Waals surface area contributed by atoms with Crippen LogP contribution in [0.25, 0.3) is 0 Å². The molecule has 4 rings (SSSR count). The summed E-state index contributed by atoms with van der Waals surface area (Å²) in [5.74, 6) is -0.407. The van der Waals surface area contributed by atoms with E-state index in [2.05, 4.69) is 20.6 Å². The number of aryl methyl sites for hydroxylation is 1. The van der Waals surface area contributed by atoms with Gasteiger partial charge < -0.3 is 12.1 Å². The first kappa shape index (κ1) is 31.5. The molecule has 0 unspecified atom stereocenters. The zero-order chi connectivity index (χ0) is 28.4. The second kappa shape index (κ2) is 12.6. The normalized spacial score (nSPS) is 13.1. The maximum atomic E-state index is 12.6. The van der Waals surface area contributed by atoms with Crippen molar-refractivity contribution in [1.82, 2.24) is 19.0 Å². The number of sulfonamides is 2. The van der Waals surface area contributed by atoms with Gasteiger partial charge in [0.1, 0.15) is 5.82 Å². The minimum atomic E-state index is -3.94. The summed E-state index contributed by atoms with van der Waals surface area (Å²) in [6.45, 7) is 4.17. The summed E-state index contributed by atoms with van der Waals surface area (Å²) in [7, 11) is -7.57. The molecule has 2 aromatic carbocycles. The van der Waals surface area contributed by atoms with Crippen LogP contribution in [0.3, 0.4) is 0 Å². The maximum Gasteiger partial charge on any atom is 1.00 e. The van der Waals surface area contributed by atoms with Crippen LogP contribution in [0.1, 0.15) is 39.2 Å². The molecule has 1 saturated carbocycles. The van der Waals surface area contributed by atoms with Crippen molar-refractivity contribution >= 4 is 55.0 Å². The average Bonchev–Trinajstić information content (AvgIpc) is 3.71. The largest absolute Gasteiger partial charge is 1.00 e. The number of amides is 2. The van der Waals surface area contributed by atoms with Crippen molar-refractivity contribution in [1.29, 1.82) is 0 Å². The molecule has 0 atom stereocenters. The van der Waals surface area contributed by atoms with Gasteiger partial charge in [0.05, 0.1) is 16.7 Å². The Morgan fingerprint density at radius 2 is 1.52 bits per heavy atom. The Morgan fingerprint density at radius 1 is 0.950 bits per heavy atom. The third-order valence-corrected chi connectivity index (χ3v) is 9.58. The van der Waals surface area contributed by atoms with Gasteiger partial charge in [-0.2, -0.15) is 4.98 Å². The summed E-state index contributed by atoms with van der Waals surface area (Å²) in [5.41, 5.74) is 2.66. The van der Waals surface area contributed by atoms with Crippen molar-refractivity contribution in [3.8, 4) is 0 Å². The van der Waals surface area contributed by atoms with E-state index < -0.39 is 37.1 Å². The Kier molecular flexibility index (Phi) is 9.95. The number of nitrogens with zero attached hydrogens (tertiary/aromatic N) is 3. The van der Waals surface area contributed by atoms with Gasteiger partial charge in [0.25, 0.3) is 10.0 Å². The summed E-state index contributed by atoms with van der Waals surface area (Å²) in [4.78, 5) is 31.8. The van der Waals surface area contributed by atoms with E-state index in [1.807, 2.05) is 11.6 Å². The molecule has 208 valence electrons. The van der Waals surface area contributed by atoms with Crippen molar-refractivity contribution < 1.29 is 57.4 Å². The Balaban J connectivity index is 0.00000294. The van der Waals surface area contributed by atoms with Gasteiger partial charge in [-0.1, -0.05) is 12.1 Å². The Bertz CT molecular complexity index is 1620. The Labute approximate surface area is 256 Å². The van der Waals surface area contributed by atoms with Crippen LogP contribution in [-0.2, 0) is 36.2 Å². The number of benzene rings is 2. The molecule has 40 heavy (non-hydrogen) atoms. The molecule has 0 radical (unpaired) electrons. The fourth-order valence-electron chi connectivity index (χ4n) is 3.65. The molecular formula is C25H29N6NaO6S2. The van der Waals surface area contributed by atoms with Crippen molar-refractivity contribution in [2.24, 2.45) is 0 Å². The molecule has 1 fully saturated rings. The second-order valence-corrected chi connectivity index (χ2v) is 12.9. The molecule has 2 amide bonds. The van der Waals surface area contributed by atoms with E-state index in [9.17, 15) is 26.4 Å². The van der Waals surface area contributed by atoms with E-state index >= 15 is 0 Å². The Hall–Kier alpha value is -3.04. The van der Waals surface area contributed by atoms with Crippen molar-refractivity contribution in [2.75, 3.05) is 10.6 Å². The number of hydrogen-bond acceptors (Lipinski definition) is 10. The minimum Gasteiger partial charge on any atom is -1.00 e. The van der Waals surface area contributed by atoms with Gasteiger partial charge in [-0.25, -0.2) is 30.8 Å². The van der Waals surface area contributed by atoms with Crippen LogP contribution in [0.4, 0.5) is 23.1 Å². The van der Waals surface area contributed by atoms with Crippen LogP contribution >= 0.6 is 0 Å². The van der Waals surface area contributed by atoms with Gasteiger partial charge in [0, 0.05) is 37.0 Å². The van der Waals surface area contributed by atoms with Crippen molar-refractivity contribution in [3.05, 3.63) is 65.9 Å². The van der Waals surface area contributed by atoms with Gasteiger partial charge in [-0.3, -0.25) is 9.59 Å². The van der Waals surface area contributed by atoms with Crippen LogP contribution in [0.2, 0.25) is 0 Å². The molecule has 1 aliphatic carbocycles. The summed E-state index contributed by atoms with van der Waals surface area (Å²) in [6.07, 6.45) is 2.78. The number of anilines is 4. The molecule has 12 nitrogen and oxygen atoms in total. The summed E-state index contributed by atoms with van der Waals surface area (Å²) >= 11 is 0. The monoisotopic (exact) mass is 596 g/mol. The van der Waals surface area contributed by atoms with Gasteiger partial charge >= 0.3 is 29.6 Å². The maximum absolute atomic E-state index is 12.6. The van der Waals surface area contributed by atoms with Crippen LogP contribution in [0.5, 0.6) is 0 Å². The SMILES string of the molecule is CC(=O)NS(=O)(=O)c1ccc(Nc2ncc(C)c(Nc3ccc(CN(C(C)=O)S(=O)(=O)C4CC4)cc3)n2)cc1.[H-].[Na+]. The molecule has 15 heteroatoms. The van der Waals surface area contributed by atoms with Gasteiger partial charge in [0.15, 0.2) is 0 Å². The molecule has 0 saturated heterocycles. The van der Waals surface area contributed by atoms with Crippen molar-refractivity contribution in [3.63, 3.8) is 0 Å². The standard InChI is InChI=1S/C25H28N6O6S2.Na.H/c1-16-14-26-25(28-21-8-10-22(11-9-21)38(34,35)30-17(2)32)29-24(16)27-20-6-4-19(5-7-20)15-31(18(3)33)39(36,37)23-12-13-23;;/h4-11,14,23H,12-13,15H2,1-3H3,(H,30,32)(H2,26,27,28,29);;/q;+1;-1.